The number of nitrogens with zero attached hydrogens (tertiary/aromatic N) is 3. The molecule has 0 unspecified atom stereocenters. The number of halogens is 2. The molecule has 1 heterocycles. The Hall–Kier alpha value is -2.19. The van der Waals surface area contributed by atoms with Gasteiger partial charge < -0.3 is 9.47 Å². The molecule has 158 valence electrons. The molecule has 1 atom stereocenters. The molecule has 3 aromatic rings. The van der Waals surface area contributed by atoms with Crippen molar-refractivity contribution in [1.29, 1.82) is 0 Å². The van der Waals surface area contributed by atoms with Crippen molar-refractivity contribution >= 4 is 49.0 Å². The third kappa shape index (κ3) is 4.59. The third-order valence-electron chi connectivity index (χ3n) is 4.74. The molecule has 0 radical (unpaired) electrons. The van der Waals surface area contributed by atoms with Crippen molar-refractivity contribution in [3.05, 3.63) is 61.0 Å². The van der Waals surface area contributed by atoms with Gasteiger partial charge in [0.15, 0.2) is 11.5 Å². The van der Waals surface area contributed by atoms with Crippen molar-refractivity contribution in [2.24, 2.45) is 5.10 Å². The molecule has 0 fully saturated rings. The zero-order chi connectivity index (χ0) is 21.8. The maximum Gasteiger partial charge on any atom is 0.282 e. The van der Waals surface area contributed by atoms with Gasteiger partial charge in [-0.2, -0.15) is 9.78 Å². The van der Waals surface area contributed by atoms with Gasteiger partial charge >= 0.3 is 0 Å². The summed E-state index contributed by atoms with van der Waals surface area (Å²) in [5, 5.41) is 5.02. The molecule has 0 N–H and O–H groups in total. The Morgan fingerprint density at radius 1 is 1.23 bits per heavy atom. The van der Waals surface area contributed by atoms with E-state index in [1.54, 1.807) is 19.4 Å². The van der Waals surface area contributed by atoms with E-state index in [2.05, 4.69) is 43.9 Å². The standard InChI is InChI=1S/C22H23Br2N3O3/c1-5-13(3)21-26-18-8-7-15(23)11-16(18)22(28)27(21)25-12-14-9-17(24)20(29-4)19(10-14)30-6-2/h7-13H,5-6H2,1-4H3/t13-/m0/s1. The van der Waals surface area contributed by atoms with Crippen LogP contribution >= 0.6 is 31.9 Å². The van der Waals surface area contributed by atoms with Gasteiger partial charge in [-0.15, -0.1) is 0 Å². The van der Waals surface area contributed by atoms with Crippen LogP contribution in [0.5, 0.6) is 11.5 Å². The van der Waals surface area contributed by atoms with E-state index in [1.165, 1.54) is 4.68 Å². The highest BCUT2D eigenvalue weighted by atomic mass is 79.9. The molecular formula is C22H23Br2N3O3. The van der Waals surface area contributed by atoms with Crippen molar-refractivity contribution < 1.29 is 9.47 Å². The minimum absolute atomic E-state index is 0.0736. The lowest BCUT2D eigenvalue weighted by Crippen LogP contribution is -2.23. The SMILES string of the molecule is CCOc1cc(C=Nn2c([C@@H](C)CC)nc3ccc(Br)cc3c2=O)cc(Br)c1OC. The minimum Gasteiger partial charge on any atom is -0.492 e. The number of rotatable bonds is 7. The molecule has 3 rings (SSSR count). The fraction of sp³-hybridized carbons (Fsp3) is 0.318. The fourth-order valence-electron chi connectivity index (χ4n) is 3.03. The topological polar surface area (TPSA) is 65.7 Å². The highest BCUT2D eigenvalue weighted by molar-refractivity contribution is 9.10. The molecule has 1 aromatic heterocycles. The second kappa shape index (κ2) is 9.75. The molecule has 0 aliphatic carbocycles. The summed E-state index contributed by atoms with van der Waals surface area (Å²) in [6.07, 6.45) is 2.47. The summed E-state index contributed by atoms with van der Waals surface area (Å²) in [6, 6.07) is 9.19. The van der Waals surface area contributed by atoms with Crippen LogP contribution < -0.4 is 15.0 Å². The number of methoxy groups -OCH3 is 1. The molecule has 8 heteroatoms. The first kappa shape index (κ1) is 22.5. The van der Waals surface area contributed by atoms with Gasteiger partial charge in [-0.1, -0.05) is 29.8 Å². The lowest BCUT2D eigenvalue weighted by Gasteiger charge is -2.14. The van der Waals surface area contributed by atoms with Gasteiger partial charge in [0.2, 0.25) is 0 Å². The highest BCUT2D eigenvalue weighted by Gasteiger charge is 2.16. The molecule has 0 amide bonds. The van der Waals surface area contributed by atoms with E-state index in [0.29, 0.717) is 34.8 Å². The van der Waals surface area contributed by atoms with Crippen LogP contribution in [0.1, 0.15) is 44.5 Å². The number of aromatic nitrogens is 2. The first-order valence-corrected chi connectivity index (χ1v) is 11.2. The van der Waals surface area contributed by atoms with Crippen molar-refractivity contribution in [1.82, 2.24) is 9.66 Å². The van der Waals surface area contributed by atoms with Crippen LogP contribution in [0.15, 0.2) is 49.2 Å². The number of fused-ring (bicyclic) bond motifs is 1. The molecule has 0 aliphatic rings. The zero-order valence-corrected chi connectivity index (χ0v) is 20.4. The third-order valence-corrected chi connectivity index (χ3v) is 5.83. The molecule has 30 heavy (non-hydrogen) atoms. The minimum atomic E-state index is -0.203. The Morgan fingerprint density at radius 3 is 2.67 bits per heavy atom. The molecule has 6 nitrogen and oxygen atoms in total. The summed E-state index contributed by atoms with van der Waals surface area (Å²) in [5.74, 6) is 1.92. The van der Waals surface area contributed by atoms with Crippen LogP contribution in [0.2, 0.25) is 0 Å². The van der Waals surface area contributed by atoms with Gasteiger partial charge in [0.1, 0.15) is 5.82 Å². The number of hydrogen-bond acceptors (Lipinski definition) is 5. The van der Waals surface area contributed by atoms with Crippen LogP contribution in [0.3, 0.4) is 0 Å². The number of benzene rings is 2. The van der Waals surface area contributed by atoms with Crippen molar-refractivity contribution in [2.45, 2.75) is 33.1 Å². The van der Waals surface area contributed by atoms with Gasteiger partial charge in [-0.05, 0) is 65.2 Å². The van der Waals surface area contributed by atoms with E-state index >= 15 is 0 Å². The van der Waals surface area contributed by atoms with Crippen molar-refractivity contribution in [2.75, 3.05) is 13.7 Å². The van der Waals surface area contributed by atoms with Gasteiger partial charge in [0.25, 0.3) is 5.56 Å². The van der Waals surface area contributed by atoms with E-state index in [0.717, 1.165) is 20.9 Å². The second-order valence-electron chi connectivity index (χ2n) is 6.77. The molecule has 0 aliphatic heterocycles. The van der Waals surface area contributed by atoms with E-state index in [1.807, 2.05) is 38.1 Å². The summed E-state index contributed by atoms with van der Waals surface area (Å²) < 4.78 is 14.0. The number of ether oxygens (including phenoxy) is 2. The molecule has 0 spiro atoms. The van der Waals surface area contributed by atoms with Gasteiger partial charge in [-0.25, -0.2) is 4.98 Å². The van der Waals surface area contributed by atoms with Crippen LogP contribution in [0, 0.1) is 0 Å². The van der Waals surface area contributed by atoms with Gasteiger partial charge in [0, 0.05) is 10.4 Å². The van der Waals surface area contributed by atoms with Gasteiger partial charge in [-0.3, -0.25) is 4.79 Å². The predicted molar refractivity (Wildman–Crippen MR) is 127 cm³/mol. The summed E-state index contributed by atoms with van der Waals surface area (Å²) in [5.41, 5.74) is 1.23. The Labute approximate surface area is 192 Å². The first-order valence-electron chi connectivity index (χ1n) is 9.66. The van der Waals surface area contributed by atoms with Crippen LogP contribution in [0.25, 0.3) is 10.9 Å². The van der Waals surface area contributed by atoms with Crippen molar-refractivity contribution in [3.8, 4) is 11.5 Å². The smallest absolute Gasteiger partial charge is 0.282 e. The highest BCUT2D eigenvalue weighted by Crippen LogP contribution is 2.36. The normalized spacial score (nSPS) is 12.5. The Morgan fingerprint density at radius 2 is 2.00 bits per heavy atom. The second-order valence-corrected chi connectivity index (χ2v) is 8.54. The lowest BCUT2D eigenvalue weighted by molar-refractivity contribution is 0.310. The van der Waals surface area contributed by atoms with Gasteiger partial charge in [0.05, 0.1) is 35.3 Å². The maximum absolute atomic E-state index is 13.2. The summed E-state index contributed by atoms with van der Waals surface area (Å²) in [4.78, 5) is 17.9. The van der Waals surface area contributed by atoms with Crippen LogP contribution in [-0.2, 0) is 0 Å². The largest absolute Gasteiger partial charge is 0.492 e. The fourth-order valence-corrected chi connectivity index (χ4v) is 4.01. The Balaban J connectivity index is 2.16. The van der Waals surface area contributed by atoms with E-state index in [4.69, 9.17) is 14.5 Å². The molecular weight excluding hydrogens is 514 g/mol. The van der Waals surface area contributed by atoms with E-state index < -0.39 is 0 Å². The van der Waals surface area contributed by atoms with Crippen molar-refractivity contribution in [3.63, 3.8) is 0 Å². The molecule has 0 saturated carbocycles. The van der Waals surface area contributed by atoms with E-state index in [-0.39, 0.29) is 11.5 Å². The van der Waals surface area contributed by atoms with Crippen LogP contribution in [0.4, 0.5) is 0 Å². The summed E-state index contributed by atoms with van der Waals surface area (Å²) in [6.45, 7) is 6.51. The quantitative estimate of drug-likeness (QED) is 0.362. The summed E-state index contributed by atoms with van der Waals surface area (Å²) >= 11 is 6.93. The Kier molecular flexibility index (Phi) is 7.31. The Bertz CT molecular complexity index is 1160. The first-order chi connectivity index (χ1) is 14.4. The molecule has 0 saturated heterocycles. The lowest BCUT2D eigenvalue weighted by atomic mass is 10.1. The molecule has 0 bridgehead atoms. The van der Waals surface area contributed by atoms with E-state index in [9.17, 15) is 4.79 Å². The predicted octanol–water partition coefficient (Wildman–Crippen LogP) is 5.72. The summed E-state index contributed by atoms with van der Waals surface area (Å²) in [7, 11) is 1.59. The average Bonchev–Trinajstić information content (AvgIpc) is 2.73. The zero-order valence-electron chi connectivity index (χ0n) is 17.3. The monoisotopic (exact) mass is 535 g/mol. The maximum atomic E-state index is 13.2. The molecule has 2 aromatic carbocycles. The number of hydrogen-bond donors (Lipinski definition) is 0. The average molecular weight is 537 g/mol. The van der Waals surface area contributed by atoms with Crippen LogP contribution in [-0.4, -0.2) is 29.6 Å².